The molecule has 2 heteroatoms. The summed E-state index contributed by atoms with van der Waals surface area (Å²) >= 11 is 0. The van der Waals surface area contributed by atoms with Crippen molar-refractivity contribution in [2.24, 2.45) is 17.8 Å². The fourth-order valence-corrected chi connectivity index (χ4v) is 3.82. The van der Waals surface area contributed by atoms with Gasteiger partial charge in [0.25, 0.3) is 0 Å². The van der Waals surface area contributed by atoms with E-state index in [1.807, 2.05) is 0 Å². The van der Waals surface area contributed by atoms with Crippen LogP contribution in [0.5, 0.6) is 0 Å². The molecule has 0 spiro atoms. The lowest BCUT2D eigenvalue weighted by molar-refractivity contribution is -0.0415. The average molecular weight is 268 g/mol. The Kier molecular flexibility index (Phi) is 6.15. The molecule has 0 aliphatic heterocycles. The van der Waals surface area contributed by atoms with E-state index < -0.39 is 0 Å². The third-order valence-corrected chi connectivity index (χ3v) is 5.42. The molecule has 1 atom stereocenters. The molecule has 2 nitrogen and oxygen atoms in total. The maximum Gasteiger partial charge on any atom is 0.0776 e. The highest BCUT2D eigenvalue weighted by Gasteiger charge is 2.30. The van der Waals surface area contributed by atoms with Crippen molar-refractivity contribution in [2.45, 2.75) is 77.4 Å². The minimum Gasteiger partial charge on any atom is -0.379 e. The molecule has 0 N–H and O–H groups in total. The molecular weight excluding hydrogens is 236 g/mol. The average Bonchev–Trinajstić information content (AvgIpc) is 2.46. The Balaban J connectivity index is 1.65. The molecule has 0 aromatic heterocycles. The summed E-state index contributed by atoms with van der Waals surface area (Å²) in [5, 5.41) is 0. The van der Waals surface area contributed by atoms with Crippen molar-refractivity contribution in [1.29, 1.82) is 0 Å². The molecule has 19 heavy (non-hydrogen) atoms. The van der Waals surface area contributed by atoms with E-state index in [0.717, 1.165) is 24.4 Å². The van der Waals surface area contributed by atoms with Gasteiger partial charge in [-0.25, -0.2) is 0 Å². The summed E-state index contributed by atoms with van der Waals surface area (Å²) in [5.41, 5.74) is 0. The van der Waals surface area contributed by atoms with Crippen LogP contribution in [-0.2, 0) is 9.47 Å². The van der Waals surface area contributed by atoms with Crippen LogP contribution in [0.4, 0.5) is 0 Å². The van der Waals surface area contributed by atoms with Crippen LogP contribution < -0.4 is 0 Å². The van der Waals surface area contributed by atoms with Gasteiger partial charge in [0.1, 0.15) is 0 Å². The largest absolute Gasteiger partial charge is 0.379 e. The summed E-state index contributed by atoms with van der Waals surface area (Å²) in [5.74, 6) is 2.99. The molecule has 0 aromatic rings. The molecule has 0 bridgehead atoms. The number of ether oxygens (including phenoxy) is 2. The Morgan fingerprint density at radius 3 is 1.95 bits per heavy atom. The van der Waals surface area contributed by atoms with Gasteiger partial charge in [-0.15, -0.1) is 0 Å². The van der Waals surface area contributed by atoms with Crippen LogP contribution in [0.15, 0.2) is 0 Å². The fourth-order valence-electron chi connectivity index (χ4n) is 3.82. The first-order valence-electron chi connectivity index (χ1n) is 8.33. The molecule has 0 radical (unpaired) electrons. The van der Waals surface area contributed by atoms with Crippen molar-refractivity contribution in [3.8, 4) is 0 Å². The van der Waals surface area contributed by atoms with Crippen molar-refractivity contribution >= 4 is 0 Å². The van der Waals surface area contributed by atoms with Crippen molar-refractivity contribution in [3.05, 3.63) is 0 Å². The van der Waals surface area contributed by atoms with Gasteiger partial charge >= 0.3 is 0 Å². The zero-order chi connectivity index (χ0) is 13.7. The summed E-state index contributed by atoms with van der Waals surface area (Å²) < 4.78 is 11.2. The lowest BCUT2D eigenvalue weighted by Crippen LogP contribution is -2.29. The highest BCUT2D eigenvalue weighted by molar-refractivity contribution is 4.81. The second-order valence-electron chi connectivity index (χ2n) is 6.94. The molecule has 2 aliphatic carbocycles. The predicted molar refractivity (Wildman–Crippen MR) is 79.3 cm³/mol. The minimum absolute atomic E-state index is 0.234. The van der Waals surface area contributed by atoms with Gasteiger partial charge in [0, 0.05) is 7.11 Å². The topological polar surface area (TPSA) is 18.5 Å². The number of hydrogen-bond donors (Lipinski definition) is 0. The Labute approximate surface area is 119 Å². The van der Waals surface area contributed by atoms with E-state index in [-0.39, 0.29) is 6.10 Å². The molecule has 2 aliphatic rings. The summed E-state index contributed by atoms with van der Waals surface area (Å²) in [6.07, 6.45) is 12.0. The predicted octanol–water partition coefficient (Wildman–Crippen LogP) is 4.42. The monoisotopic (exact) mass is 268 g/mol. The summed E-state index contributed by atoms with van der Waals surface area (Å²) in [4.78, 5) is 0. The maximum absolute atomic E-state index is 5.96. The normalized spacial score (nSPS) is 38.1. The van der Waals surface area contributed by atoms with E-state index in [0.29, 0.717) is 6.10 Å². The van der Waals surface area contributed by atoms with Crippen LogP contribution in [0.25, 0.3) is 0 Å². The van der Waals surface area contributed by atoms with Crippen molar-refractivity contribution in [1.82, 2.24) is 0 Å². The van der Waals surface area contributed by atoms with Gasteiger partial charge in [-0.05, 0) is 63.2 Å². The van der Waals surface area contributed by atoms with Gasteiger partial charge in [-0.3, -0.25) is 0 Å². The van der Waals surface area contributed by atoms with Crippen molar-refractivity contribution in [3.63, 3.8) is 0 Å². The molecule has 2 rings (SSSR count). The summed E-state index contributed by atoms with van der Waals surface area (Å²) in [7, 11) is 1.76. The molecule has 2 fully saturated rings. The van der Waals surface area contributed by atoms with E-state index in [1.54, 1.807) is 7.11 Å². The van der Waals surface area contributed by atoms with E-state index in [2.05, 4.69) is 13.8 Å². The fraction of sp³-hybridized carbons (Fsp3) is 1.00. The highest BCUT2D eigenvalue weighted by atomic mass is 16.5. The van der Waals surface area contributed by atoms with E-state index in [4.69, 9.17) is 9.47 Å². The van der Waals surface area contributed by atoms with Crippen LogP contribution in [0, 0.1) is 17.8 Å². The molecule has 112 valence electrons. The molecule has 2 saturated carbocycles. The Morgan fingerprint density at radius 2 is 1.42 bits per heavy atom. The van der Waals surface area contributed by atoms with Gasteiger partial charge in [0.15, 0.2) is 0 Å². The van der Waals surface area contributed by atoms with Crippen LogP contribution in [0.2, 0.25) is 0 Å². The lowest BCUT2D eigenvalue weighted by Gasteiger charge is -2.37. The lowest BCUT2D eigenvalue weighted by atomic mass is 9.71. The third-order valence-electron chi connectivity index (χ3n) is 5.42. The second kappa shape index (κ2) is 7.64. The first-order valence-corrected chi connectivity index (χ1v) is 8.33. The molecular formula is C17H32O2. The number of rotatable bonds is 5. The van der Waals surface area contributed by atoms with E-state index in [1.165, 1.54) is 51.4 Å². The molecule has 0 heterocycles. The second-order valence-corrected chi connectivity index (χ2v) is 6.94. The standard InChI is InChI=1S/C17H32O2/c1-13-4-6-15(7-5-13)16-8-10-17(11-9-16)19-12-14(2)18-3/h13-17H,4-12H2,1-3H3. The van der Waals surface area contributed by atoms with Gasteiger partial charge in [0.2, 0.25) is 0 Å². The van der Waals surface area contributed by atoms with E-state index in [9.17, 15) is 0 Å². The van der Waals surface area contributed by atoms with Crippen LogP contribution in [-0.4, -0.2) is 25.9 Å². The Bertz CT molecular complexity index is 238. The molecule has 0 saturated heterocycles. The van der Waals surface area contributed by atoms with Gasteiger partial charge in [0.05, 0.1) is 18.8 Å². The zero-order valence-electron chi connectivity index (χ0n) is 13.1. The van der Waals surface area contributed by atoms with Gasteiger partial charge in [-0.2, -0.15) is 0 Å². The maximum atomic E-state index is 5.96. The van der Waals surface area contributed by atoms with Crippen molar-refractivity contribution in [2.75, 3.05) is 13.7 Å². The molecule has 0 aromatic carbocycles. The minimum atomic E-state index is 0.234. The number of hydrogen-bond acceptors (Lipinski definition) is 2. The smallest absolute Gasteiger partial charge is 0.0776 e. The molecule has 1 unspecified atom stereocenters. The van der Waals surface area contributed by atoms with Crippen LogP contribution in [0.1, 0.15) is 65.2 Å². The Hall–Kier alpha value is -0.0800. The third kappa shape index (κ3) is 4.75. The van der Waals surface area contributed by atoms with Crippen LogP contribution in [0.3, 0.4) is 0 Å². The highest BCUT2D eigenvalue weighted by Crippen LogP contribution is 2.40. The first kappa shape index (κ1) is 15.3. The number of methoxy groups -OCH3 is 1. The Morgan fingerprint density at radius 1 is 0.895 bits per heavy atom. The molecule has 0 amide bonds. The quantitative estimate of drug-likeness (QED) is 0.734. The van der Waals surface area contributed by atoms with Gasteiger partial charge in [-0.1, -0.05) is 19.8 Å². The van der Waals surface area contributed by atoms with E-state index >= 15 is 0 Å². The first-order chi connectivity index (χ1) is 9.19. The van der Waals surface area contributed by atoms with Crippen molar-refractivity contribution < 1.29 is 9.47 Å². The SMILES string of the molecule is COC(C)COC1CCC(C2CCC(C)CC2)CC1. The van der Waals surface area contributed by atoms with Gasteiger partial charge < -0.3 is 9.47 Å². The van der Waals surface area contributed by atoms with Crippen LogP contribution >= 0.6 is 0 Å². The summed E-state index contributed by atoms with van der Waals surface area (Å²) in [6.45, 7) is 5.25. The zero-order valence-corrected chi connectivity index (χ0v) is 13.1. The summed E-state index contributed by atoms with van der Waals surface area (Å²) in [6, 6.07) is 0.